The van der Waals surface area contributed by atoms with Crippen LogP contribution in [0, 0.1) is 12.8 Å². The Balaban J connectivity index is 1.27. The molecule has 3 atom stereocenters. The number of aromatic hydroxyl groups is 1. The first-order valence-electron chi connectivity index (χ1n) is 17.3. The molecule has 0 spiro atoms. The first-order chi connectivity index (χ1) is 23.7. The standard InChI is InChI=1S/C38H45N5O6/c1-25-9-12-31-21-29(25)23-39-36(46)32(13-10-26-6-3-2-4-7-26)40-37(47)33(22-35(45)42-17-5-8-27(24-42)16-19-49-31)41-38(48)43-18-15-28-20-30(44)11-14-34(28)43/h2-4,6-7,9,11-12,14,20-21,27,32-33,44H,5,8,10,13,15-19,22-24H2,1H3,(H,39,46)(H,40,47)(H,41,48)/t27?,32-,33-/m0/s1. The number of ether oxygens (including phenoxy) is 1. The van der Waals surface area contributed by atoms with Gasteiger partial charge < -0.3 is 30.7 Å². The Bertz CT molecular complexity index is 1680. The highest BCUT2D eigenvalue weighted by Gasteiger charge is 2.34. The van der Waals surface area contributed by atoms with Crippen LogP contribution >= 0.6 is 0 Å². The van der Waals surface area contributed by atoms with Gasteiger partial charge in [0.2, 0.25) is 17.7 Å². The van der Waals surface area contributed by atoms with Crippen molar-refractivity contribution in [1.29, 1.82) is 0 Å². The first-order valence-corrected chi connectivity index (χ1v) is 17.3. The van der Waals surface area contributed by atoms with Gasteiger partial charge in [0, 0.05) is 31.9 Å². The molecule has 1 fully saturated rings. The molecule has 6 rings (SSSR count). The molecule has 5 amide bonds. The summed E-state index contributed by atoms with van der Waals surface area (Å²) in [6, 6.07) is 17.7. The van der Waals surface area contributed by atoms with Gasteiger partial charge in [0.15, 0.2) is 0 Å². The summed E-state index contributed by atoms with van der Waals surface area (Å²) < 4.78 is 6.12. The van der Waals surface area contributed by atoms with E-state index in [1.165, 1.54) is 11.0 Å². The number of rotatable bonds is 4. The molecule has 4 bridgehead atoms. The minimum Gasteiger partial charge on any atom is -0.508 e. The minimum atomic E-state index is -1.21. The van der Waals surface area contributed by atoms with Crippen molar-refractivity contribution in [2.24, 2.45) is 5.92 Å². The molecule has 49 heavy (non-hydrogen) atoms. The molecule has 3 aromatic rings. The molecule has 258 valence electrons. The SMILES string of the molecule is Cc1ccc2cc1CNC(=O)[C@H](CCc1ccccc1)NC(=O)[C@@H](NC(=O)N1CCc3cc(O)ccc31)CC(=O)N1CCCC(CCO2)C1. The topological polar surface area (TPSA) is 140 Å². The van der Waals surface area contributed by atoms with Gasteiger partial charge in [-0.1, -0.05) is 36.4 Å². The average molecular weight is 668 g/mol. The van der Waals surface area contributed by atoms with Crippen LogP contribution in [-0.2, 0) is 33.8 Å². The van der Waals surface area contributed by atoms with Gasteiger partial charge >= 0.3 is 6.03 Å². The number of nitrogens with zero attached hydrogens (tertiary/aromatic N) is 2. The number of nitrogens with one attached hydrogen (secondary N) is 3. The number of carbonyl (C=O) groups excluding carboxylic acids is 4. The van der Waals surface area contributed by atoms with E-state index in [-0.39, 0.29) is 36.4 Å². The third-order valence-electron chi connectivity index (χ3n) is 9.83. The maximum Gasteiger partial charge on any atom is 0.322 e. The van der Waals surface area contributed by atoms with Crippen LogP contribution in [0.15, 0.2) is 66.7 Å². The number of fused-ring (bicyclic) bond motifs is 5. The van der Waals surface area contributed by atoms with E-state index in [0.717, 1.165) is 47.3 Å². The van der Waals surface area contributed by atoms with Crippen molar-refractivity contribution in [3.05, 3.63) is 89.0 Å². The monoisotopic (exact) mass is 667 g/mol. The Morgan fingerprint density at radius 3 is 2.65 bits per heavy atom. The van der Waals surface area contributed by atoms with Gasteiger partial charge in [0.05, 0.1) is 13.0 Å². The lowest BCUT2D eigenvalue weighted by atomic mass is 9.94. The van der Waals surface area contributed by atoms with Crippen molar-refractivity contribution in [2.45, 2.75) is 70.5 Å². The molecule has 11 heteroatoms. The first kappa shape index (κ1) is 33.8. The van der Waals surface area contributed by atoms with Crippen molar-refractivity contribution in [2.75, 3.05) is 31.1 Å². The highest BCUT2D eigenvalue weighted by Crippen LogP contribution is 2.31. The Hall–Kier alpha value is -5.06. The Kier molecular flexibility index (Phi) is 10.7. The fourth-order valence-corrected chi connectivity index (χ4v) is 6.94. The number of amides is 5. The molecule has 0 aliphatic carbocycles. The summed E-state index contributed by atoms with van der Waals surface area (Å²) in [4.78, 5) is 58.6. The third-order valence-corrected chi connectivity index (χ3v) is 9.83. The lowest BCUT2D eigenvalue weighted by Gasteiger charge is -2.34. The van der Waals surface area contributed by atoms with E-state index in [4.69, 9.17) is 4.74 Å². The molecular formula is C38H45N5O6. The number of phenols is 1. The second kappa shape index (κ2) is 15.4. The van der Waals surface area contributed by atoms with E-state index >= 15 is 0 Å². The predicted octanol–water partition coefficient (Wildman–Crippen LogP) is 3.99. The van der Waals surface area contributed by atoms with Gasteiger partial charge in [0.25, 0.3) is 0 Å². The van der Waals surface area contributed by atoms with Crippen LogP contribution in [0.5, 0.6) is 11.5 Å². The second-order valence-corrected chi connectivity index (χ2v) is 13.3. The van der Waals surface area contributed by atoms with Gasteiger partial charge in [-0.25, -0.2) is 4.79 Å². The number of urea groups is 1. The maximum atomic E-state index is 14.1. The molecular weight excluding hydrogens is 622 g/mol. The number of anilines is 1. The van der Waals surface area contributed by atoms with Crippen molar-refractivity contribution in [3.8, 4) is 11.5 Å². The van der Waals surface area contributed by atoms with E-state index in [1.807, 2.05) is 55.5 Å². The molecule has 11 nitrogen and oxygen atoms in total. The largest absolute Gasteiger partial charge is 0.508 e. The Morgan fingerprint density at radius 1 is 0.980 bits per heavy atom. The quantitative estimate of drug-likeness (QED) is 0.332. The summed E-state index contributed by atoms with van der Waals surface area (Å²) in [5, 5.41) is 18.6. The van der Waals surface area contributed by atoms with E-state index in [2.05, 4.69) is 16.0 Å². The summed E-state index contributed by atoms with van der Waals surface area (Å²) in [5.41, 5.74) is 4.40. The number of hydrogen-bond donors (Lipinski definition) is 4. The van der Waals surface area contributed by atoms with Crippen LogP contribution in [0.4, 0.5) is 10.5 Å². The highest BCUT2D eigenvalue weighted by atomic mass is 16.5. The van der Waals surface area contributed by atoms with Gasteiger partial charge in [-0.05, 0) is 104 Å². The molecule has 4 N–H and O–H groups in total. The predicted molar refractivity (Wildman–Crippen MR) is 185 cm³/mol. The molecule has 3 aliphatic rings. The smallest absolute Gasteiger partial charge is 0.322 e. The maximum absolute atomic E-state index is 14.1. The number of benzene rings is 3. The van der Waals surface area contributed by atoms with Crippen LogP contribution in [0.25, 0.3) is 0 Å². The molecule has 3 aromatic carbocycles. The second-order valence-electron chi connectivity index (χ2n) is 13.3. The molecule has 0 aromatic heterocycles. The molecule has 1 saturated heterocycles. The Labute approximate surface area is 287 Å². The molecule has 0 radical (unpaired) electrons. The summed E-state index contributed by atoms with van der Waals surface area (Å²) in [6.07, 6.45) is 3.75. The van der Waals surface area contributed by atoms with Crippen molar-refractivity contribution < 1.29 is 29.0 Å². The number of aryl methyl sites for hydroxylation is 2. The zero-order chi connectivity index (χ0) is 34.3. The number of piperidine rings is 1. The van der Waals surface area contributed by atoms with Crippen LogP contribution < -0.4 is 25.6 Å². The number of hydrogen-bond acceptors (Lipinski definition) is 6. The normalized spacial score (nSPS) is 21.8. The molecule has 3 aliphatic heterocycles. The van der Waals surface area contributed by atoms with Crippen molar-refractivity contribution in [3.63, 3.8) is 0 Å². The van der Waals surface area contributed by atoms with Gasteiger partial charge in [-0.2, -0.15) is 0 Å². The lowest BCUT2D eigenvalue weighted by molar-refractivity contribution is -0.137. The number of phenolic OH excluding ortho intramolecular Hbond substituents is 1. The summed E-state index contributed by atoms with van der Waals surface area (Å²) in [6.45, 7) is 4.22. The minimum absolute atomic E-state index is 0.115. The van der Waals surface area contributed by atoms with E-state index in [0.29, 0.717) is 51.2 Å². The molecule has 3 heterocycles. The fourth-order valence-electron chi connectivity index (χ4n) is 6.94. The van der Waals surface area contributed by atoms with Crippen LogP contribution in [0.2, 0.25) is 0 Å². The molecule has 0 saturated carbocycles. The summed E-state index contributed by atoms with van der Waals surface area (Å²) >= 11 is 0. The van der Waals surface area contributed by atoms with Crippen molar-refractivity contribution in [1.82, 2.24) is 20.9 Å². The summed E-state index contributed by atoms with van der Waals surface area (Å²) in [5.74, 6) is -0.0931. The molecule has 1 unspecified atom stereocenters. The van der Waals surface area contributed by atoms with Gasteiger partial charge in [-0.3, -0.25) is 19.3 Å². The zero-order valence-electron chi connectivity index (χ0n) is 28.0. The van der Waals surface area contributed by atoms with Crippen LogP contribution in [0.3, 0.4) is 0 Å². The average Bonchev–Trinajstić information content (AvgIpc) is 3.53. The highest BCUT2D eigenvalue weighted by molar-refractivity contribution is 5.99. The van der Waals surface area contributed by atoms with E-state index < -0.39 is 24.0 Å². The van der Waals surface area contributed by atoms with Gasteiger partial charge in [-0.15, -0.1) is 0 Å². The van der Waals surface area contributed by atoms with Crippen LogP contribution in [0.1, 0.15) is 54.4 Å². The van der Waals surface area contributed by atoms with Gasteiger partial charge in [0.1, 0.15) is 23.6 Å². The van der Waals surface area contributed by atoms with E-state index in [9.17, 15) is 24.3 Å². The lowest BCUT2D eigenvalue weighted by Crippen LogP contribution is -2.57. The fraction of sp³-hybridized carbons (Fsp3) is 0.421. The zero-order valence-corrected chi connectivity index (χ0v) is 28.0. The third kappa shape index (κ3) is 8.51. The summed E-state index contributed by atoms with van der Waals surface area (Å²) in [7, 11) is 0. The van der Waals surface area contributed by atoms with E-state index in [1.54, 1.807) is 17.0 Å². The Morgan fingerprint density at radius 2 is 1.82 bits per heavy atom. The van der Waals surface area contributed by atoms with Crippen LogP contribution in [-0.4, -0.2) is 72.1 Å². The van der Waals surface area contributed by atoms with Crippen molar-refractivity contribution >= 4 is 29.4 Å². The number of carbonyl (C=O) groups is 4.